The van der Waals surface area contributed by atoms with E-state index >= 15 is 0 Å². The van der Waals surface area contributed by atoms with Crippen molar-refractivity contribution in [1.82, 2.24) is 10.3 Å². The third-order valence-corrected chi connectivity index (χ3v) is 5.61. The number of nitrogens with one attached hydrogen (secondary N) is 2. The van der Waals surface area contributed by atoms with Gasteiger partial charge in [0.1, 0.15) is 5.82 Å². The smallest absolute Gasteiger partial charge is 0.253 e. The first-order chi connectivity index (χ1) is 14.0. The van der Waals surface area contributed by atoms with Crippen LogP contribution in [0.2, 0.25) is 0 Å². The maximum Gasteiger partial charge on any atom is 0.253 e. The van der Waals surface area contributed by atoms with Gasteiger partial charge in [-0.25, -0.2) is 4.39 Å². The Balaban J connectivity index is 1.49. The first-order valence-corrected chi connectivity index (χ1v) is 9.90. The number of benzene rings is 2. The van der Waals surface area contributed by atoms with Gasteiger partial charge in [-0.3, -0.25) is 9.59 Å². The topological polar surface area (TPSA) is 62.0 Å². The number of amides is 1. The van der Waals surface area contributed by atoms with Crippen LogP contribution in [-0.2, 0) is 19.4 Å². The van der Waals surface area contributed by atoms with Gasteiger partial charge >= 0.3 is 0 Å². The highest BCUT2D eigenvalue weighted by Crippen LogP contribution is 2.24. The molecule has 0 radical (unpaired) electrons. The summed E-state index contributed by atoms with van der Waals surface area (Å²) < 4.78 is 13.1. The quantitative estimate of drug-likeness (QED) is 0.698. The number of carbonyl (C=O) groups excluding carboxylic acids is 1. The van der Waals surface area contributed by atoms with Crippen LogP contribution in [0.1, 0.15) is 45.6 Å². The van der Waals surface area contributed by atoms with Gasteiger partial charge in [0.2, 0.25) is 0 Å². The number of aromatic amines is 1. The van der Waals surface area contributed by atoms with E-state index in [0.717, 1.165) is 48.1 Å². The summed E-state index contributed by atoms with van der Waals surface area (Å²) in [7, 11) is 0. The summed E-state index contributed by atoms with van der Waals surface area (Å²) in [5, 5.41) is 2.88. The number of H-pyrrole nitrogens is 1. The van der Waals surface area contributed by atoms with E-state index < -0.39 is 0 Å². The number of aryl methyl sites for hydroxylation is 1. The SMILES string of the molecule is Cc1[nH]c(=O)c(CNC(=O)c2ccc(-c3ccc(F)cc3)cc2)c2c1CCCC2. The fourth-order valence-electron chi connectivity index (χ4n) is 4.02. The average molecular weight is 390 g/mol. The number of halogens is 1. The summed E-state index contributed by atoms with van der Waals surface area (Å²) in [5.41, 5.74) is 6.14. The molecule has 1 aliphatic carbocycles. The highest BCUT2D eigenvalue weighted by Gasteiger charge is 2.19. The van der Waals surface area contributed by atoms with E-state index in [2.05, 4.69) is 10.3 Å². The zero-order valence-electron chi connectivity index (χ0n) is 16.3. The number of rotatable bonds is 4. The van der Waals surface area contributed by atoms with Crippen LogP contribution in [0, 0.1) is 12.7 Å². The van der Waals surface area contributed by atoms with Crippen LogP contribution in [0.4, 0.5) is 4.39 Å². The molecule has 2 N–H and O–H groups in total. The van der Waals surface area contributed by atoms with Crippen molar-refractivity contribution in [2.75, 3.05) is 0 Å². The second-order valence-corrected chi connectivity index (χ2v) is 7.49. The van der Waals surface area contributed by atoms with Crippen LogP contribution in [0.25, 0.3) is 11.1 Å². The Kier molecular flexibility index (Phi) is 5.30. The van der Waals surface area contributed by atoms with Gasteiger partial charge in [0.05, 0.1) is 0 Å². The van der Waals surface area contributed by atoms with E-state index in [0.29, 0.717) is 11.1 Å². The number of fused-ring (bicyclic) bond motifs is 1. The zero-order chi connectivity index (χ0) is 20.4. The number of carbonyl (C=O) groups is 1. The van der Waals surface area contributed by atoms with Gasteiger partial charge in [-0.1, -0.05) is 24.3 Å². The molecular weight excluding hydrogens is 367 g/mol. The van der Waals surface area contributed by atoms with E-state index in [1.165, 1.54) is 17.7 Å². The molecule has 148 valence electrons. The van der Waals surface area contributed by atoms with Crippen molar-refractivity contribution in [3.63, 3.8) is 0 Å². The molecule has 29 heavy (non-hydrogen) atoms. The summed E-state index contributed by atoms with van der Waals surface area (Å²) in [6.07, 6.45) is 4.06. The molecule has 4 rings (SSSR count). The fourth-order valence-corrected chi connectivity index (χ4v) is 4.02. The van der Waals surface area contributed by atoms with Gasteiger partial charge < -0.3 is 10.3 Å². The largest absolute Gasteiger partial charge is 0.348 e. The molecule has 4 nitrogen and oxygen atoms in total. The Morgan fingerprint density at radius 3 is 2.21 bits per heavy atom. The molecular formula is C24H23FN2O2. The van der Waals surface area contributed by atoms with Crippen molar-refractivity contribution in [2.45, 2.75) is 39.2 Å². The molecule has 5 heteroatoms. The molecule has 0 spiro atoms. The highest BCUT2D eigenvalue weighted by atomic mass is 19.1. The second kappa shape index (κ2) is 8.03. The molecule has 0 saturated carbocycles. The van der Waals surface area contributed by atoms with Crippen molar-refractivity contribution in [2.24, 2.45) is 0 Å². The molecule has 0 aliphatic heterocycles. The van der Waals surface area contributed by atoms with Gasteiger partial charge in [0, 0.05) is 23.4 Å². The Morgan fingerprint density at radius 1 is 0.966 bits per heavy atom. The molecule has 0 bridgehead atoms. The Morgan fingerprint density at radius 2 is 1.55 bits per heavy atom. The summed E-state index contributed by atoms with van der Waals surface area (Å²) >= 11 is 0. The third kappa shape index (κ3) is 3.99. The van der Waals surface area contributed by atoms with Gasteiger partial charge in [0.15, 0.2) is 0 Å². The first-order valence-electron chi connectivity index (χ1n) is 9.90. The van der Waals surface area contributed by atoms with Gasteiger partial charge in [-0.2, -0.15) is 0 Å². The maximum atomic E-state index is 13.1. The lowest BCUT2D eigenvalue weighted by atomic mass is 9.88. The average Bonchev–Trinajstić information content (AvgIpc) is 2.74. The van der Waals surface area contributed by atoms with Crippen molar-refractivity contribution in [3.8, 4) is 11.1 Å². The minimum atomic E-state index is -0.280. The molecule has 0 atom stereocenters. The summed E-state index contributed by atoms with van der Waals surface area (Å²) in [6.45, 7) is 2.16. The number of pyridine rings is 1. The van der Waals surface area contributed by atoms with E-state index in [9.17, 15) is 14.0 Å². The van der Waals surface area contributed by atoms with Gasteiger partial charge in [-0.15, -0.1) is 0 Å². The standard InChI is InChI=1S/C24H23FN2O2/c1-15-20-4-2-3-5-21(20)22(24(29)27-15)14-26-23(28)18-8-6-16(7-9-18)17-10-12-19(25)13-11-17/h6-13H,2-5,14H2,1H3,(H,26,28)(H,27,29). The minimum Gasteiger partial charge on any atom is -0.348 e. The van der Waals surface area contributed by atoms with Crippen molar-refractivity contribution >= 4 is 5.91 Å². The van der Waals surface area contributed by atoms with Crippen molar-refractivity contribution in [1.29, 1.82) is 0 Å². The molecule has 3 aromatic rings. The van der Waals surface area contributed by atoms with E-state index in [1.807, 2.05) is 19.1 Å². The maximum absolute atomic E-state index is 13.1. The summed E-state index contributed by atoms with van der Waals surface area (Å²) in [5.74, 6) is -0.502. The number of hydrogen-bond acceptors (Lipinski definition) is 2. The number of hydrogen-bond donors (Lipinski definition) is 2. The Labute approximate surface area is 168 Å². The highest BCUT2D eigenvalue weighted by molar-refractivity contribution is 5.94. The zero-order valence-corrected chi connectivity index (χ0v) is 16.3. The molecule has 1 aliphatic rings. The van der Waals surface area contributed by atoms with Crippen LogP contribution < -0.4 is 10.9 Å². The lowest BCUT2D eigenvalue weighted by Crippen LogP contribution is -2.30. The molecule has 1 aromatic heterocycles. The van der Waals surface area contributed by atoms with Crippen LogP contribution in [-0.4, -0.2) is 10.9 Å². The predicted molar refractivity (Wildman–Crippen MR) is 111 cm³/mol. The van der Waals surface area contributed by atoms with Crippen LogP contribution in [0.5, 0.6) is 0 Å². The fraction of sp³-hybridized carbons (Fsp3) is 0.250. The molecule has 1 heterocycles. The molecule has 0 fully saturated rings. The van der Waals surface area contributed by atoms with Crippen molar-refractivity contribution in [3.05, 3.63) is 92.6 Å². The minimum absolute atomic E-state index is 0.116. The summed E-state index contributed by atoms with van der Waals surface area (Å²) in [4.78, 5) is 28.0. The normalized spacial score (nSPS) is 13.0. The Hall–Kier alpha value is -3.21. The first kappa shape index (κ1) is 19.1. The monoisotopic (exact) mass is 390 g/mol. The summed E-state index contributed by atoms with van der Waals surface area (Å²) in [6, 6.07) is 13.4. The van der Waals surface area contributed by atoms with Crippen LogP contribution >= 0.6 is 0 Å². The molecule has 0 unspecified atom stereocenters. The predicted octanol–water partition coefficient (Wildman–Crippen LogP) is 4.30. The van der Waals surface area contributed by atoms with Gasteiger partial charge in [0.25, 0.3) is 11.5 Å². The van der Waals surface area contributed by atoms with E-state index in [-0.39, 0.29) is 23.8 Å². The third-order valence-electron chi connectivity index (χ3n) is 5.61. The van der Waals surface area contributed by atoms with Crippen LogP contribution in [0.3, 0.4) is 0 Å². The van der Waals surface area contributed by atoms with E-state index in [1.54, 1.807) is 24.3 Å². The number of aromatic nitrogens is 1. The van der Waals surface area contributed by atoms with Crippen LogP contribution in [0.15, 0.2) is 53.3 Å². The van der Waals surface area contributed by atoms with E-state index in [4.69, 9.17) is 0 Å². The molecule has 0 saturated heterocycles. The lowest BCUT2D eigenvalue weighted by Gasteiger charge is -2.21. The lowest BCUT2D eigenvalue weighted by molar-refractivity contribution is 0.0950. The second-order valence-electron chi connectivity index (χ2n) is 7.49. The molecule has 2 aromatic carbocycles. The van der Waals surface area contributed by atoms with Crippen molar-refractivity contribution < 1.29 is 9.18 Å². The van der Waals surface area contributed by atoms with Gasteiger partial charge in [-0.05, 0) is 79.1 Å². The molecule has 1 amide bonds. The Bertz CT molecular complexity index is 1100.